The maximum Gasteiger partial charge on any atom is 0.147 e. The number of halogens is 2. The molecule has 0 radical (unpaired) electrons. The predicted molar refractivity (Wildman–Crippen MR) is 275 cm³/mol. The molecule has 4 nitrogen and oxygen atoms in total. The van der Waals surface area contributed by atoms with Crippen LogP contribution in [0.4, 0.5) is 42.9 Å². The van der Waals surface area contributed by atoms with Gasteiger partial charge in [-0.3, -0.25) is 0 Å². The molecule has 318 valence electrons. The van der Waals surface area contributed by atoms with E-state index in [0.29, 0.717) is 39.6 Å². The maximum atomic E-state index is 17.1. The molecular weight excluding hydrogens is 839 g/mol. The van der Waals surface area contributed by atoms with Gasteiger partial charge in [0, 0.05) is 10.8 Å². The summed E-state index contributed by atoms with van der Waals surface area (Å²) in [5.41, 5.74) is 7.23. The maximum absolute atomic E-state index is 17.1. The Labute approximate surface area is 391 Å². The molecule has 0 aliphatic heterocycles. The van der Waals surface area contributed by atoms with Crippen molar-refractivity contribution in [1.29, 1.82) is 10.5 Å². The summed E-state index contributed by atoms with van der Waals surface area (Å²) in [4.78, 5) is 3.68. The van der Waals surface area contributed by atoms with Gasteiger partial charge in [0.1, 0.15) is 23.8 Å². The van der Waals surface area contributed by atoms with Gasteiger partial charge in [-0.2, -0.15) is 10.5 Å². The second-order valence-corrected chi connectivity index (χ2v) is 17.0. The number of hydrogen-bond donors (Lipinski definition) is 0. The van der Waals surface area contributed by atoms with E-state index < -0.39 is 11.6 Å². The molecule has 0 aromatic heterocycles. The van der Waals surface area contributed by atoms with Crippen molar-refractivity contribution in [3.8, 4) is 34.4 Å². The third-order valence-corrected chi connectivity index (χ3v) is 13.2. The summed E-state index contributed by atoms with van der Waals surface area (Å²) in [5, 5.41) is 31.1. The molecule has 0 saturated carbocycles. The van der Waals surface area contributed by atoms with Gasteiger partial charge in [-0.15, -0.1) is 0 Å². The van der Waals surface area contributed by atoms with Crippen LogP contribution in [0, 0.1) is 34.3 Å². The zero-order valence-corrected chi connectivity index (χ0v) is 36.3. The molecule has 0 aliphatic rings. The average Bonchev–Trinajstić information content (AvgIpc) is 3.39. The average molecular weight is 875 g/mol. The van der Waals surface area contributed by atoms with Gasteiger partial charge in [-0.25, -0.2) is 8.78 Å². The third-order valence-electron chi connectivity index (χ3n) is 13.2. The molecule has 0 bridgehead atoms. The van der Waals surface area contributed by atoms with Crippen molar-refractivity contribution >= 4 is 88.0 Å². The Morgan fingerprint density at radius 3 is 1.25 bits per heavy atom. The Balaban J connectivity index is 1.05. The number of fused-ring (bicyclic) bond motifs is 2. The van der Waals surface area contributed by atoms with Gasteiger partial charge in [-0.1, -0.05) is 146 Å². The minimum absolute atomic E-state index is 0.287. The van der Waals surface area contributed by atoms with Crippen LogP contribution in [-0.4, -0.2) is 0 Å². The summed E-state index contributed by atoms with van der Waals surface area (Å²) in [5.74, 6) is -0.889. The van der Waals surface area contributed by atoms with Crippen LogP contribution in [0.25, 0.3) is 76.1 Å². The second kappa shape index (κ2) is 16.3. The summed E-state index contributed by atoms with van der Waals surface area (Å²) in [6.07, 6.45) is 0. The number of anilines is 6. The Bertz CT molecular complexity index is 3990. The monoisotopic (exact) mass is 874 g/mol. The van der Waals surface area contributed by atoms with Gasteiger partial charge < -0.3 is 9.80 Å². The van der Waals surface area contributed by atoms with Crippen LogP contribution in [0.5, 0.6) is 0 Å². The summed E-state index contributed by atoms with van der Waals surface area (Å²) in [6, 6.07) is 74.5. The van der Waals surface area contributed by atoms with E-state index in [0.717, 1.165) is 76.1 Å². The second-order valence-electron chi connectivity index (χ2n) is 17.0. The molecule has 0 atom stereocenters. The van der Waals surface area contributed by atoms with Crippen molar-refractivity contribution in [2.45, 2.75) is 0 Å². The number of para-hydroxylation sites is 2. The lowest BCUT2D eigenvalue weighted by molar-refractivity contribution is 0.628. The Kier molecular flexibility index (Phi) is 9.61. The molecule has 0 fully saturated rings. The van der Waals surface area contributed by atoms with Crippen molar-refractivity contribution in [3.63, 3.8) is 0 Å². The topological polar surface area (TPSA) is 54.1 Å². The molecule has 6 heteroatoms. The van der Waals surface area contributed by atoms with Crippen LogP contribution in [-0.2, 0) is 0 Å². The molecule has 0 unspecified atom stereocenters. The van der Waals surface area contributed by atoms with E-state index in [4.69, 9.17) is 0 Å². The van der Waals surface area contributed by atoms with Gasteiger partial charge in [0.15, 0.2) is 0 Å². The molecule has 0 spiro atoms. The fraction of sp³-hybridized carbons (Fsp3) is 0. The molecule has 0 amide bonds. The first kappa shape index (κ1) is 40.2. The van der Waals surface area contributed by atoms with Gasteiger partial charge in [-0.05, 0) is 138 Å². The molecular formula is C62H36F2N4. The van der Waals surface area contributed by atoms with E-state index in [1.807, 2.05) is 113 Å². The SMILES string of the molecule is N#Cc1ccccc1N(c1ccc(-c2ccc3ccccc3c2)cc1F)c1ccc2ccc3c(N(c4ccccc4F)c4ccc(-c5ccc6ccccc6c5)cc4C#N)ccc4ccc1c2c43. The van der Waals surface area contributed by atoms with Crippen molar-refractivity contribution in [3.05, 3.63) is 241 Å². The largest absolute Gasteiger partial charge is 0.306 e. The van der Waals surface area contributed by atoms with Gasteiger partial charge >= 0.3 is 0 Å². The highest BCUT2D eigenvalue weighted by molar-refractivity contribution is 6.28. The molecule has 0 aliphatic carbocycles. The van der Waals surface area contributed by atoms with E-state index in [9.17, 15) is 10.5 Å². The lowest BCUT2D eigenvalue weighted by Gasteiger charge is -2.30. The standard InChI is InChI=1S/C62H36F2N4/c63-53-14-6-8-16-59(53)68(56-29-25-47(35-50(56)38-66)45-19-17-39-9-1-3-11-43(39)33-45)58-31-24-42-21-27-51-57(30-23-41-22-28-52(58)62(42)61(41)51)67(55-15-7-5-13-49(55)37-65)60-32-26-48(36-54(60)64)46-20-18-40-10-2-4-12-44(40)34-46/h1-36H. The van der Waals surface area contributed by atoms with Crippen molar-refractivity contribution in [2.24, 2.45) is 0 Å². The van der Waals surface area contributed by atoms with Gasteiger partial charge in [0.25, 0.3) is 0 Å². The molecule has 0 heterocycles. The first-order valence-corrected chi connectivity index (χ1v) is 22.3. The van der Waals surface area contributed by atoms with Crippen LogP contribution in [0.15, 0.2) is 218 Å². The molecule has 0 saturated heterocycles. The van der Waals surface area contributed by atoms with Crippen LogP contribution in [0.1, 0.15) is 11.1 Å². The lowest BCUT2D eigenvalue weighted by atomic mass is 9.91. The smallest absolute Gasteiger partial charge is 0.147 e. The van der Waals surface area contributed by atoms with Crippen molar-refractivity contribution < 1.29 is 8.78 Å². The van der Waals surface area contributed by atoms with Gasteiger partial charge in [0.2, 0.25) is 0 Å². The number of rotatable bonds is 8. The molecule has 0 N–H and O–H groups in total. The minimum atomic E-state index is -0.447. The quantitative estimate of drug-likeness (QED) is 0.143. The lowest BCUT2D eigenvalue weighted by Crippen LogP contribution is -2.14. The first-order valence-electron chi connectivity index (χ1n) is 22.3. The number of hydrogen-bond acceptors (Lipinski definition) is 4. The van der Waals surface area contributed by atoms with Crippen LogP contribution in [0.3, 0.4) is 0 Å². The first-order chi connectivity index (χ1) is 33.4. The van der Waals surface area contributed by atoms with E-state index in [1.165, 1.54) is 6.07 Å². The normalized spacial score (nSPS) is 11.4. The van der Waals surface area contributed by atoms with E-state index in [-0.39, 0.29) is 5.69 Å². The zero-order chi connectivity index (χ0) is 45.9. The summed E-state index contributed by atoms with van der Waals surface area (Å²) >= 11 is 0. The summed E-state index contributed by atoms with van der Waals surface area (Å²) in [6.45, 7) is 0. The third kappa shape index (κ3) is 6.63. The Hall–Kier alpha value is -9.36. The molecule has 12 rings (SSSR count). The van der Waals surface area contributed by atoms with E-state index in [1.54, 1.807) is 42.5 Å². The highest BCUT2D eigenvalue weighted by Gasteiger charge is 2.26. The van der Waals surface area contributed by atoms with Gasteiger partial charge in [0.05, 0.1) is 45.3 Å². The van der Waals surface area contributed by atoms with Crippen LogP contribution in [0.2, 0.25) is 0 Å². The fourth-order valence-electron chi connectivity index (χ4n) is 9.94. The molecule has 68 heavy (non-hydrogen) atoms. The summed E-state index contributed by atoms with van der Waals surface area (Å²) < 4.78 is 33.4. The number of nitriles is 2. The van der Waals surface area contributed by atoms with Crippen molar-refractivity contribution in [2.75, 3.05) is 9.80 Å². The summed E-state index contributed by atoms with van der Waals surface area (Å²) in [7, 11) is 0. The Morgan fingerprint density at radius 1 is 0.294 bits per heavy atom. The van der Waals surface area contributed by atoms with Crippen LogP contribution < -0.4 is 9.80 Å². The highest BCUT2D eigenvalue weighted by atomic mass is 19.1. The molecule has 12 aromatic rings. The minimum Gasteiger partial charge on any atom is -0.306 e. The predicted octanol–water partition coefficient (Wildman–Crippen LogP) is 17.2. The zero-order valence-electron chi connectivity index (χ0n) is 36.3. The van der Waals surface area contributed by atoms with Crippen LogP contribution >= 0.6 is 0 Å². The van der Waals surface area contributed by atoms with E-state index in [2.05, 4.69) is 78.9 Å². The Morgan fingerprint density at radius 2 is 0.691 bits per heavy atom. The highest BCUT2D eigenvalue weighted by Crippen LogP contribution is 2.49. The van der Waals surface area contributed by atoms with Crippen molar-refractivity contribution in [1.82, 2.24) is 0 Å². The van der Waals surface area contributed by atoms with E-state index >= 15 is 8.78 Å². The number of nitrogens with zero attached hydrogens (tertiary/aromatic N) is 4. The fourth-order valence-corrected chi connectivity index (χ4v) is 9.94. The number of benzene rings is 12. The molecule has 12 aromatic carbocycles.